The largest absolute Gasteiger partial charge is 0.368 e. The van der Waals surface area contributed by atoms with Crippen LogP contribution in [0.4, 0.5) is 11.5 Å². The average molecular weight is 447 g/mol. The maximum Gasteiger partial charge on any atom is 0.225 e. The van der Waals surface area contributed by atoms with Crippen molar-refractivity contribution in [1.82, 2.24) is 29.6 Å². The number of aromatic nitrogens is 5. The second-order valence-electron chi connectivity index (χ2n) is 8.87. The molecule has 5 rings (SSSR count). The van der Waals surface area contributed by atoms with Gasteiger partial charge in [0.25, 0.3) is 0 Å². The zero-order valence-electron chi connectivity index (χ0n) is 19.3. The topological polar surface area (TPSA) is 83.3 Å². The molecular formula is C24H30N8O. The van der Waals surface area contributed by atoms with Crippen LogP contribution in [-0.2, 0) is 4.79 Å². The number of piperazine rings is 1. The third-order valence-corrected chi connectivity index (χ3v) is 6.97. The Kier molecular flexibility index (Phi) is 5.93. The number of hydrogen-bond acceptors (Lipinski definition) is 7. The third-order valence-electron chi connectivity index (χ3n) is 6.97. The first-order valence-corrected chi connectivity index (χ1v) is 11.6. The predicted molar refractivity (Wildman–Crippen MR) is 127 cm³/mol. The number of hydrogen-bond donors (Lipinski definition) is 0. The molecule has 1 amide bonds. The molecule has 0 unspecified atom stereocenters. The van der Waals surface area contributed by atoms with E-state index in [1.807, 2.05) is 6.07 Å². The molecule has 0 aliphatic carbocycles. The summed E-state index contributed by atoms with van der Waals surface area (Å²) in [6.45, 7) is 9.32. The molecule has 1 aromatic carbocycles. The molecule has 2 aromatic heterocycles. The van der Waals surface area contributed by atoms with Gasteiger partial charge in [0.15, 0.2) is 5.82 Å². The molecule has 4 heterocycles. The first-order valence-electron chi connectivity index (χ1n) is 11.6. The normalized spacial score (nSPS) is 17.5. The highest BCUT2D eigenvalue weighted by atomic mass is 16.2. The summed E-state index contributed by atoms with van der Waals surface area (Å²) in [5, 5.41) is 4.14. The van der Waals surface area contributed by atoms with Crippen LogP contribution in [-0.4, -0.2) is 74.8 Å². The molecule has 0 spiro atoms. The minimum absolute atomic E-state index is 0.0881. The van der Waals surface area contributed by atoms with Crippen molar-refractivity contribution < 1.29 is 4.79 Å². The van der Waals surface area contributed by atoms with Gasteiger partial charge in [-0.3, -0.25) is 4.79 Å². The highest BCUT2D eigenvalue weighted by Gasteiger charge is 2.31. The van der Waals surface area contributed by atoms with Crippen LogP contribution in [0.2, 0.25) is 0 Å². The smallest absolute Gasteiger partial charge is 0.225 e. The van der Waals surface area contributed by atoms with Gasteiger partial charge < -0.3 is 14.7 Å². The van der Waals surface area contributed by atoms with Crippen LogP contribution in [0.1, 0.15) is 24.0 Å². The van der Waals surface area contributed by atoms with Crippen LogP contribution in [0.3, 0.4) is 0 Å². The van der Waals surface area contributed by atoms with Gasteiger partial charge >= 0.3 is 0 Å². The van der Waals surface area contributed by atoms with Crippen LogP contribution >= 0.6 is 0 Å². The molecule has 33 heavy (non-hydrogen) atoms. The molecular weight excluding hydrogens is 416 g/mol. The summed E-state index contributed by atoms with van der Waals surface area (Å²) in [5.74, 6) is 1.95. The van der Waals surface area contributed by atoms with Crippen molar-refractivity contribution in [1.29, 1.82) is 0 Å². The lowest BCUT2D eigenvalue weighted by molar-refractivity contribution is -0.136. The molecule has 0 atom stereocenters. The van der Waals surface area contributed by atoms with Gasteiger partial charge in [-0.1, -0.05) is 12.1 Å². The van der Waals surface area contributed by atoms with Gasteiger partial charge in [0.2, 0.25) is 5.91 Å². The standard InChI is InChI=1S/C24H30N8O/c1-18-4-3-5-21(19(18)2)29-10-12-31(13-11-29)24(33)20-6-8-30(9-7-20)22-14-23(27-16-26-22)32-17-25-15-28-32/h3-5,14-17,20H,6-13H2,1-2H3. The minimum Gasteiger partial charge on any atom is -0.368 e. The molecule has 2 aliphatic heterocycles. The molecule has 2 saturated heterocycles. The Bertz CT molecular complexity index is 1100. The summed E-state index contributed by atoms with van der Waals surface area (Å²) in [5.41, 5.74) is 3.95. The lowest BCUT2D eigenvalue weighted by Gasteiger charge is -2.40. The van der Waals surface area contributed by atoms with Gasteiger partial charge in [0, 0.05) is 56.9 Å². The summed E-state index contributed by atoms with van der Waals surface area (Å²) in [7, 11) is 0. The maximum absolute atomic E-state index is 13.2. The molecule has 9 heteroatoms. The zero-order valence-corrected chi connectivity index (χ0v) is 19.3. The van der Waals surface area contributed by atoms with E-state index >= 15 is 0 Å². The Balaban J connectivity index is 1.16. The number of aryl methyl sites for hydroxylation is 1. The Morgan fingerprint density at radius 2 is 1.67 bits per heavy atom. The van der Waals surface area contributed by atoms with Crippen LogP contribution in [0, 0.1) is 19.8 Å². The maximum atomic E-state index is 13.2. The fourth-order valence-electron chi connectivity index (χ4n) is 4.82. The van der Waals surface area contributed by atoms with Crippen LogP contribution in [0.15, 0.2) is 43.2 Å². The Labute approximate surface area is 194 Å². The third kappa shape index (κ3) is 4.40. The van der Waals surface area contributed by atoms with E-state index in [1.54, 1.807) is 17.3 Å². The molecule has 9 nitrogen and oxygen atoms in total. The second kappa shape index (κ2) is 9.17. The summed E-state index contributed by atoms with van der Waals surface area (Å²) >= 11 is 0. The van der Waals surface area contributed by atoms with E-state index < -0.39 is 0 Å². The van der Waals surface area contributed by atoms with E-state index in [4.69, 9.17) is 0 Å². The van der Waals surface area contributed by atoms with E-state index in [0.717, 1.165) is 57.9 Å². The number of nitrogens with zero attached hydrogens (tertiary/aromatic N) is 8. The zero-order chi connectivity index (χ0) is 22.8. The molecule has 2 fully saturated rings. The fourth-order valence-corrected chi connectivity index (χ4v) is 4.82. The Morgan fingerprint density at radius 1 is 0.909 bits per heavy atom. The van der Waals surface area contributed by atoms with E-state index in [-0.39, 0.29) is 5.92 Å². The summed E-state index contributed by atoms with van der Waals surface area (Å²) in [4.78, 5) is 32.6. The number of carbonyl (C=O) groups excluding carboxylic acids is 1. The van der Waals surface area contributed by atoms with Gasteiger partial charge in [-0.25, -0.2) is 19.6 Å². The monoisotopic (exact) mass is 446 g/mol. The van der Waals surface area contributed by atoms with Crippen molar-refractivity contribution in [3.05, 3.63) is 54.4 Å². The number of benzene rings is 1. The molecule has 0 radical (unpaired) electrons. The van der Waals surface area contributed by atoms with E-state index in [0.29, 0.717) is 11.7 Å². The molecule has 0 bridgehead atoms. The molecule has 0 N–H and O–H groups in total. The highest BCUT2D eigenvalue weighted by molar-refractivity contribution is 5.79. The first kappa shape index (κ1) is 21.4. The van der Waals surface area contributed by atoms with E-state index in [9.17, 15) is 4.79 Å². The predicted octanol–water partition coefficient (Wildman–Crippen LogP) is 2.24. The Hall–Kier alpha value is -3.49. The number of rotatable bonds is 4. The highest BCUT2D eigenvalue weighted by Crippen LogP contribution is 2.27. The van der Waals surface area contributed by atoms with Crippen molar-refractivity contribution in [2.75, 3.05) is 49.1 Å². The molecule has 172 valence electrons. The van der Waals surface area contributed by atoms with Crippen LogP contribution in [0.5, 0.6) is 0 Å². The van der Waals surface area contributed by atoms with Gasteiger partial charge in [0.05, 0.1) is 0 Å². The van der Waals surface area contributed by atoms with Gasteiger partial charge in [-0.15, -0.1) is 0 Å². The summed E-state index contributed by atoms with van der Waals surface area (Å²) in [6.07, 6.45) is 6.36. The molecule has 2 aliphatic rings. The van der Waals surface area contributed by atoms with Gasteiger partial charge in [-0.05, 0) is 43.9 Å². The van der Waals surface area contributed by atoms with E-state index in [2.05, 4.69) is 66.8 Å². The number of anilines is 2. The number of carbonyl (C=O) groups is 1. The van der Waals surface area contributed by atoms with Crippen molar-refractivity contribution in [2.45, 2.75) is 26.7 Å². The minimum atomic E-state index is 0.0881. The first-order chi connectivity index (χ1) is 16.1. The molecule has 3 aromatic rings. The average Bonchev–Trinajstić information content (AvgIpc) is 3.41. The van der Waals surface area contributed by atoms with Gasteiger partial charge in [0.1, 0.15) is 24.8 Å². The number of amides is 1. The number of piperidine rings is 1. The molecule has 0 saturated carbocycles. The summed E-state index contributed by atoms with van der Waals surface area (Å²) < 4.78 is 1.62. The quantitative estimate of drug-likeness (QED) is 0.608. The van der Waals surface area contributed by atoms with Crippen molar-refractivity contribution >= 4 is 17.4 Å². The van der Waals surface area contributed by atoms with Crippen molar-refractivity contribution in [3.8, 4) is 5.82 Å². The fraction of sp³-hybridized carbons (Fsp3) is 0.458. The Morgan fingerprint density at radius 3 is 2.39 bits per heavy atom. The lowest BCUT2D eigenvalue weighted by Crippen LogP contribution is -2.52. The summed E-state index contributed by atoms with van der Waals surface area (Å²) in [6, 6.07) is 8.39. The lowest BCUT2D eigenvalue weighted by atomic mass is 9.95. The van der Waals surface area contributed by atoms with Crippen LogP contribution in [0.25, 0.3) is 5.82 Å². The van der Waals surface area contributed by atoms with Crippen LogP contribution < -0.4 is 9.80 Å². The van der Waals surface area contributed by atoms with Gasteiger partial charge in [-0.2, -0.15) is 5.10 Å². The second-order valence-corrected chi connectivity index (χ2v) is 8.87. The van der Waals surface area contributed by atoms with E-state index in [1.165, 1.54) is 23.1 Å². The SMILES string of the molecule is Cc1cccc(N2CCN(C(=O)C3CCN(c4cc(-n5cncn5)ncn4)CC3)CC2)c1C. The van der Waals surface area contributed by atoms with Crippen molar-refractivity contribution in [3.63, 3.8) is 0 Å². The van der Waals surface area contributed by atoms with Crippen molar-refractivity contribution in [2.24, 2.45) is 5.92 Å².